The number of amides is 1. The number of halogens is 2. The van der Waals surface area contributed by atoms with Gasteiger partial charge in [0.2, 0.25) is 5.91 Å². The molecule has 2 rings (SSSR count). The maximum Gasteiger partial charge on any atom is 0.227 e. The van der Waals surface area contributed by atoms with Gasteiger partial charge in [0.15, 0.2) is 0 Å². The summed E-state index contributed by atoms with van der Waals surface area (Å²) in [6, 6.07) is 4.43. The van der Waals surface area contributed by atoms with E-state index in [1.165, 1.54) is 4.88 Å². The average Bonchev–Trinajstić information content (AvgIpc) is 3.01. The molecule has 1 aromatic rings. The summed E-state index contributed by atoms with van der Waals surface area (Å²) in [6.07, 6.45) is 0.921. The third-order valence-corrected chi connectivity index (χ3v) is 4.84. The Kier molecular flexibility index (Phi) is 8.81. The second kappa shape index (κ2) is 8.96. The van der Waals surface area contributed by atoms with E-state index in [0.717, 1.165) is 19.5 Å². The van der Waals surface area contributed by atoms with Crippen LogP contribution >= 0.6 is 36.2 Å². The van der Waals surface area contributed by atoms with Crippen LogP contribution < -0.4 is 10.6 Å². The highest BCUT2D eigenvalue weighted by atomic mass is 35.5. The summed E-state index contributed by atoms with van der Waals surface area (Å²) in [6.45, 7) is 4.43. The van der Waals surface area contributed by atoms with Gasteiger partial charge >= 0.3 is 0 Å². The topological polar surface area (TPSA) is 44.4 Å². The van der Waals surface area contributed by atoms with Crippen LogP contribution in [0.1, 0.15) is 24.3 Å². The standard InChI is InChI=1S/C14H23N3OS.2ClH/c1-14(6-7-15-10-14)13(18)16-9-11(17(2)3)12-5-4-8-19-12;;/h4-5,8,11,15H,6-7,9-10H2,1-3H3,(H,16,18);2*1H. The molecular weight excluding hydrogens is 329 g/mol. The Hall–Kier alpha value is -0.330. The molecule has 1 aliphatic rings. The predicted octanol–water partition coefficient (Wildman–Crippen LogP) is 2.31. The molecule has 1 fully saturated rings. The van der Waals surface area contributed by atoms with E-state index >= 15 is 0 Å². The smallest absolute Gasteiger partial charge is 0.227 e. The van der Waals surface area contributed by atoms with E-state index in [4.69, 9.17) is 0 Å². The van der Waals surface area contributed by atoms with Gasteiger partial charge in [-0.2, -0.15) is 0 Å². The quantitative estimate of drug-likeness (QED) is 0.853. The molecule has 122 valence electrons. The van der Waals surface area contributed by atoms with Crippen molar-refractivity contribution in [1.82, 2.24) is 15.5 Å². The van der Waals surface area contributed by atoms with Crippen molar-refractivity contribution < 1.29 is 4.79 Å². The first-order chi connectivity index (χ1) is 9.03. The molecule has 0 saturated carbocycles. The molecule has 4 nitrogen and oxygen atoms in total. The maximum absolute atomic E-state index is 12.3. The van der Waals surface area contributed by atoms with Gasteiger partial charge in [0.25, 0.3) is 0 Å². The Labute approximate surface area is 143 Å². The Bertz CT molecular complexity index is 420. The molecule has 1 aromatic heterocycles. The van der Waals surface area contributed by atoms with E-state index in [9.17, 15) is 4.79 Å². The van der Waals surface area contributed by atoms with E-state index in [0.29, 0.717) is 6.54 Å². The molecule has 2 N–H and O–H groups in total. The van der Waals surface area contributed by atoms with Crippen LogP contribution in [-0.4, -0.2) is 44.5 Å². The Morgan fingerprint density at radius 2 is 2.24 bits per heavy atom. The summed E-state index contributed by atoms with van der Waals surface area (Å²) in [5, 5.41) is 8.46. The first kappa shape index (κ1) is 20.7. The number of nitrogens with one attached hydrogen (secondary N) is 2. The molecular formula is C14H25Cl2N3OS. The van der Waals surface area contributed by atoms with Crippen LogP contribution in [0.2, 0.25) is 0 Å². The van der Waals surface area contributed by atoms with Crippen molar-refractivity contribution in [3.05, 3.63) is 22.4 Å². The highest BCUT2D eigenvalue weighted by Gasteiger charge is 2.36. The zero-order valence-electron chi connectivity index (χ0n) is 12.7. The zero-order valence-corrected chi connectivity index (χ0v) is 15.2. The minimum Gasteiger partial charge on any atom is -0.354 e. The van der Waals surface area contributed by atoms with Crippen molar-refractivity contribution in [3.8, 4) is 0 Å². The first-order valence-electron chi connectivity index (χ1n) is 6.72. The summed E-state index contributed by atoms with van der Waals surface area (Å²) < 4.78 is 0. The average molecular weight is 354 g/mol. The van der Waals surface area contributed by atoms with Crippen molar-refractivity contribution in [1.29, 1.82) is 0 Å². The molecule has 1 amide bonds. The summed E-state index contributed by atoms with van der Waals surface area (Å²) >= 11 is 1.74. The van der Waals surface area contributed by atoms with Crippen LogP contribution in [0.15, 0.2) is 17.5 Å². The number of carbonyl (C=O) groups excluding carboxylic acids is 1. The van der Waals surface area contributed by atoms with E-state index in [-0.39, 0.29) is 42.2 Å². The molecule has 0 aliphatic carbocycles. The monoisotopic (exact) mass is 353 g/mol. The van der Waals surface area contributed by atoms with E-state index in [1.807, 2.05) is 6.92 Å². The van der Waals surface area contributed by atoms with Crippen LogP contribution in [0, 0.1) is 5.41 Å². The van der Waals surface area contributed by atoms with Crippen molar-refractivity contribution in [3.63, 3.8) is 0 Å². The SMILES string of the molecule is CN(C)C(CNC(=O)C1(C)CCNC1)c1cccs1.Cl.Cl. The van der Waals surface area contributed by atoms with Crippen molar-refractivity contribution in [2.45, 2.75) is 19.4 Å². The lowest BCUT2D eigenvalue weighted by molar-refractivity contribution is -0.129. The molecule has 21 heavy (non-hydrogen) atoms. The fraction of sp³-hybridized carbons (Fsp3) is 0.643. The lowest BCUT2D eigenvalue weighted by Crippen LogP contribution is -2.43. The van der Waals surface area contributed by atoms with Gasteiger partial charge in [0.05, 0.1) is 11.5 Å². The van der Waals surface area contributed by atoms with Gasteiger partial charge in [0.1, 0.15) is 0 Å². The van der Waals surface area contributed by atoms with Gasteiger partial charge in [-0.15, -0.1) is 36.2 Å². The minimum absolute atomic E-state index is 0. The number of nitrogens with zero attached hydrogens (tertiary/aromatic N) is 1. The Balaban J connectivity index is 0.00000200. The van der Waals surface area contributed by atoms with E-state index in [2.05, 4.69) is 47.1 Å². The number of hydrogen-bond acceptors (Lipinski definition) is 4. The van der Waals surface area contributed by atoms with Gasteiger partial charge in [-0.05, 0) is 45.4 Å². The van der Waals surface area contributed by atoms with Crippen molar-refractivity contribution in [2.24, 2.45) is 5.41 Å². The number of likely N-dealkylation sites (N-methyl/N-ethyl adjacent to an activating group) is 1. The van der Waals surface area contributed by atoms with Crippen LogP contribution in [-0.2, 0) is 4.79 Å². The molecule has 1 aliphatic heterocycles. The van der Waals surface area contributed by atoms with Crippen LogP contribution in [0.4, 0.5) is 0 Å². The molecule has 2 unspecified atom stereocenters. The minimum atomic E-state index is -0.244. The van der Waals surface area contributed by atoms with Crippen LogP contribution in [0.25, 0.3) is 0 Å². The molecule has 0 bridgehead atoms. The number of carbonyl (C=O) groups is 1. The molecule has 2 atom stereocenters. The summed E-state index contributed by atoms with van der Waals surface area (Å²) in [7, 11) is 4.10. The van der Waals surface area contributed by atoms with E-state index in [1.54, 1.807) is 11.3 Å². The normalized spacial score (nSPS) is 22.3. The molecule has 1 saturated heterocycles. The molecule has 0 radical (unpaired) electrons. The van der Waals surface area contributed by atoms with E-state index < -0.39 is 0 Å². The van der Waals surface area contributed by atoms with Crippen molar-refractivity contribution in [2.75, 3.05) is 33.7 Å². The second-order valence-corrected chi connectivity index (χ2v) is 6.67. The molecule has 7 heteroatoms. The molecule has 2 heterocycles. The summed E-state index contributed by atoms with van der Waals surface area (Å²) in [5.74, 6) is 0.168. The number of thiophene rings is 1. The Morgan fingerprint density at radius 1 is 1.52 bits per heavy atom. The fourth-order valence-electron chi connectivity index (χ4n) is 2.43. The van der Waals surface area contributed by atoms with Gasteiger partial charge < -0.3 is 15.5 Å². The predicted molar refractivity (Wildman–Crippen MR) is 93.8 cm³/mol. The van der Waals surface area contributed by atoms with Gasteiger partial charge in [-0.1, -0.05) is 6.07 Å². The molecule has 0 aromatic carbocycles. The number of hydrogen-bond donors (Lipinski definition) is 2. The summed E-state index contributed by atoms with van der Waals surface area (Å²) in [4.78, 5) is 15.7. The van der Waals surface area contributed by atoms with Crippen LogP contribution in [0.5, 0.6) is 0 Å². The maximum atomic E-state index is 12.3. The summed E-state index contributed by atoms with van der Waals surface area (Å²) in [5.41, 5.74) is -0.244. The van der Waals surface area contributed by atoms with Gasteiger partial charge in [0, 0.05) is 18.0 Å². The third-order valence-electron chi connectivity index (χ3n) is 3.87. The lowest BCUT2D eigenvalue weighted by Gasteiger charge is -2.27. The Morgan fingerprint density at radius 3 is 2.71 bits per heavy atom. The highest BCUT2D eigenvalue weighted by Crippen LogP contribution is 2.26. The van der Waals surface area contributed by atoms with Gasteiger partial charge in [-0.3, -0.25) is 4.79 Å². The highest BCUT2D eigenvalue weighted by molar-refractivity contribution is 7.10. The van der Waals surface area contributed by atoms with Gasteiger partial charge in [-0.25, -0.2) is 0 Å². The second-order valence-electron chi connectivity index (χ2n) is 5.69. The largest absolute Gasteiger partial charge is 0.354 e. The lowest BCUT2D eigenvalue weighted by atomic mass is 9.89. The molecule has 0 spiro atoms. The zero-order chi connectivity index (χ0) is 13.9. The van der Waals surface area contributed by atoms with Crippen molar-refractivity contribution >= 4 is 42.1 Å². The number of rotatable bonds is 5. The van der Waals surface area contributed by atoms with Crippen LogP contribution in [0.3, 0.4) is 0 Å². The third kappa shape index (κ3) is 5.11. The first-order valence-corrected chi connectivity index (χ1v) is 7.60. The fourth-order valence-corrected chi connectivity index (χ4v) is 3.35.